The lowest BCUT2D eigenvalue weighted by molar-refractivity contribution is 0.0837. The molecule has 3 rings (SSSR count). The SMILES string of the molecule is N#Cc1nnc2ccccc2c1NC1CC(O)C1. The third-order valence-electron chi connectivity index (χ3n) is 3.24. The fourth-order valence-corrected chi connectivity index (χ4v) is 2.19. The van der Waals surface area contributed by atoms with Gasteiger partial charge in [-0.1, -0.05) is 18.2 Å². The fourth-order valence-electron chi connectivity index (χ4n) is 2.19. The molecule has 2 N–H and O–H groups in total. The monoisotopic (exact) mass is 240 g/mol. The van der Waals surface area contributed by atoms with Crippen LogP contribution in [0.2, 0.25) is 0 Å². The number of aliphatic hydroxyl groups excluding tert-OH is 1. The van der Waals surface area contributed by atoms with Crippen molar-refractivity contribution in [1.82, 2.24) is 10.2 Å². The van der Waals surface area contributed by atoms with Gasteiger partial charge in [0.2, 0.25) is 0 Å². The van der Waals surface area contributed by atoms with Gasteiger partial charge in [0.15, 0.2) is 5.69 Å². The Balaban J connectivity index is 2.04. The highest BCUT2D eigenvalue weighted by molar-refractivity contribution is 5.92. The van der Waals surface area contributed by atoms with Crippen molar-refractivity contribution in [2.45, 2.75) is 25.0 Å². The molecule has 0 aliphatic heterocycles. The molecule has 1 aliphatic carbocycles. The Hall–Kier alpha value is -2.19. The first kappa shape index (κ1) is 10.9. The van der Waals surface area contributed by atoms with Gasteiger partial charge in [-0.05, 0) is 18.9 Å². The molecule has 0 atom stereocenters. The zero-order valence-corrected chi connectivity index (χ0v) is 9.67. The highest BCUT2D eigenvalue weighted by atomic mass is 16.3. The molecule has 0 unspecified atom stereocenters. The third-order valence-corrected chi connectivity index (χ3v) is 3.24. The van der Waals surface area contributed by atoms with Crippen LogP contribution in [0.5, 0.6) is 0 Å². The average Bonchev–Trinajstić information content (AvgIpc) is 2.37. The normalized spacial score (nSPS) is 22.2. The van der Waals surface area contributed by atoms with Gasteiger partial charge >= 0.3 is 0 Å². The summed E-state index contributed by atoms with van der Waals surface area (Å²) in [5.74, 6) is 0. The molecule has 1 fully saturated rings. The maximum Gasteiger partial charge on any atom is 0.186 e. The molecule has 2 aromatic rings. The van der Waals surface area contributed by atoms with Crippen LogP contribution >= 0.6 is 0 Å². The molecule has 1 aromatic carbocycles. The van der Waals surface area contributed by atoms with Gasteiger partial charge in [0, 0.05) is 11.4 Å². The van der Waals surface area contributed by atoms with Crippen molar-refractivity contribution < 1.29 is 5.11 Å². The summed E-state index contributed by atoms with van der Waals surface area (Å²) in [4.78, 5) is 0. The first-order chi connectivity index (χ1) is 8.78. The Kier molecular flexibility index (Phi) is 2.58. The largest absolute Gasteiger partial charge is 0.393 e. The van der Waals surface area contributed by atoms with E-state index in [0.717, 1.165) is 16.6 Å². The number of hydrogen-bond acceptors (Lipinski definition) is 5. The molecule has 0 amide bonds. The van der Waals surface area contributed by atoms with E-state index in [2.05, 4.69) is 21.6 Å². The van der Waals surface area contributed by atoms with E-state index in [1.54, 1.807) is 0 Å². The fraction of sp³-hybridized carbons (Fsp3) is 0.308. The van der Waals surface area contributed by atoms with Crippen molar-refractivity contribution in [1.29, 1.82) is 5.26 Å². The standard InChI is InChI=1S/C13H12N4O/c14-7-12-13(15-8-5-9(18)6-8)10-3-1-2-4-11(10)16-17-12/h1-4,8-9,18H,5-6H2,(H,15,16). The zero-order valence-electron chi connectivity index (χ0n) is 9.67. The summed E-state index contributed by atoms with van der Waals surface area (Å²) in [5, 5.41) is 30.5. The molecule has 0 bridgehead atoms. The van der Waals surface area contributed by atoms with Crippen molar-refractivity contribution in [2.75, 3.05) is 5.32 Å². The summed E-state index contributed by atoms with van der Waals surface area (Å²) < 4.78 is 0. The van der Waals surface area contributed by atoms with E-state index in [1.165, 1.54) is 0 Å². The highest BCUT2D eigenvalue weighted by Gasteiger charge is 2.28. The molecule has 0 spiro atoms. The number of nitrogens with zero attached hydrogens (tertiary/aromatic N) is 3. The van der Waals surface area contributed by atoms with Crippen LogP contribution in [0, 0.1) is 11.3 Å². The predicted molar refractivity (Wildman–Crippen MR) is 66.9 cm³/mol. The number of nitrogens with one attached hydrogen (secondary N) is 1. The first-order valence-electron chi connectivity index (χ1n) is 5.88. The second-order valence-corrected chi connectivity index (χ2v) is 4.52. The predicted octanol–water partition coefficient (Wildman–Crippen LogP) is 1.44. The molecule has 5 heteroatoms. The van der Waals surface area contributed by atoms with E-state index in [0.29, 0.717) is 18.5 Å². The number of hydrogen-bond donors (Lipinski definition) is 2. The molecule has 90 valence electrons. The van der Waals surface area contributed by atoms with Gasteiger partial charge in [0.25, 0.3) is 0 Å². The molecule has 1 saturated carbocycles. The Labute approximate surface area is 104 Å². The van der Waals surface area contributed by atoms with Gasteiger partial charge in [-0.3, -0.25) is 0 Å². The van der Waals surface area contributed by atoms with Crippen molar-refractivity contribution in [2.24, 2.45) is 0 Å². The Morgan fingerprint density at radius 3 is 2.78 bits per heavy atom. The van der Waals surface area contributed by atoms with Crippen LogP contribution in [0.1, 0.15) is 18.5 Å². The molecular weight excluding hydrogens is 228 g/mol. The maximum atomic E-state index is 9.30. The van der Waals surface area contributed by atoms with Crippen LogP contribution in [0.15, 0.2) is 24.3 Å². The smallest absolute Gasteiger partial charge is 0.186 e. The van der Waals surface area contributed by atoms with Crippen LogP contribution < -0.4 is 5.32 Å². The molecular formula is C13H12N4O. The van der Waals surface area contributed by atoms with Gasteiger partial charge < -0.3 is 10.4 Å². The Morgan fingerprint density at radius 2 is 2.06 bits per heavy atom. The maximum absolute atomic E-state index is 9.30. The van der Waals surface area contributed by atoms with E-state index >= 15 is 0 Å². The first-order valence-corrected chi connectivity index (χ1v) is 5.88. The summed E-state index contributed by atoms with van der Waals surface area (Å²) in [5.41, 5.74) is 1.79. The van der Waals surface area contributed by atoms with E-state index < -0.39 is 0 Å². The van der Waals surface area contributed by atoms with Crippen molar-refractivity contribution in [3.8, 4) is 6.07 Å². The summed E-state index contributed by atoms with van der Waals surface area (Å²) in [6, 6.07) is 9.84. The Bertz CT molecular complexity index is 628. The van der Waals surface area contributed by atoms with Crippen LogP contribution in [-0.2, 0) is 0 Å². The van der Waals surface area contributed by atoms with Gasteiger partial charge in [-0.2, -0.15) is 5.26 Å². The van der Waals surface area contributed by atoms with Gasteiger partial charge in [-0.25, -0.2) is 0 Å². The molecule has 18 heavy (non-hydrogen) atoms. The average molecular weight is 240 g/mol. The second-order valence-electron chi connectivity index (χ2n) is 4.52. The number of benzene rings is 1. The number of rotatable bonds is 2. The van der Waals surface area contributed by atoms with Crippen molar-refractivity contribution in [3.63, 3.8) is 0 Å². The van der Waals surface area contributed by atoms with Gasteiger partial charge in [-0.15, -0.1) is 10.2 Å². The second kappa shape index (κ2) is 4.24. The lowest BCUT2D eigenvalue weighted by Gasteiger charge is -2.33. The topological polar surface area (TPSA) is 81.8 Å². The number of anilines is 1. The molecule has 0 saturated heterocycles. The number of aromatic nitrogens is 2. The summed E-state index contributed by atoms with van der Waals surface area (Å²) in [7, 11) is 0. The minimum absolute atomic E-state index is 0.208. The number of fused-ring (bicyclic) bond motifs is 1. The third kappa shape index (κ3) is 1.77. The minimum atomic E-state index is -0.228. The summed E-state index contributed by atoms with van der Waals surface area (Å²) in [6.45, 7) is 0. The summed E-state index contributed by atoms with van der Waals surface area (Å²) in [6.07, 6.45) is 1.19. The minimum Gasteiger partial charge on any atom is -0.393 e. The van der Waals surface area contributed by atoms with Crippen LogP contribution in [-0.4, -0.2) is 27.4 Å². The lowest BCUT2D eigenvalue weighted by Crippen LogP contribution is -2.39. The van der Waals surface area contributed by atoms with Gasteiger partial charge in [0.05, 0.1) is 17.3 Å². The van der Waals surface area contributed by atoms with Crippen LogP contribution in [0.4, 0.5) is 5.69 Å². The number of aliphatic hydroxyl groups is 1. The highest BCUT2D eigenvalue weighted by Crippen LogP contribution is 2.29. The van der Waals surface area contributed by atoms with E-state index in [9.17, 15) is 5.11 Å². The van der Waals surface area contributed by atoms with E-state index in [-0.39, 0.29) is 12.1 Å². The zero-order chi connectivity index (χ0) is 12.5. The molecule has 5 nitrogen and oxygen atoms in total. The van der Waals surface area contributed by atoms with Crippen LogP contribution in [0.3, 0.4) is 0 Å². The van der Waals surface area contributed by atoms with E-state index in [1.807, 2.05) is 24.3 Å². The summed E-state index contributed by atoms with van der Waals surface area (Å²) >= 11 is 0. The van der Waals surface area contributed by atoms with E-state index in [4.69, 9.17) is 5.26 Å². The molecule has 1 aromatic heterocycles. The Morgan fingerprint density at radius 1 is 1.28 bits per heavy atom. The number of nitriles is 1. The lowest BCUT2D eigenvalue weighted by atomic mass is 9.89. The molecule has 1 heterocycles. The quantitative estimate of drug-likeness (QED) is 0.830. The van der Waals surface area contributed by atoms with Crippen molar-refractivity contribution in [3.05, 3.63) is 30.0 Å². The molecule has 1 aliphatic rings. The van der Waals surface area contributed by atoms with Gasteiger partial charge in [0.1, 0.15) is 6.07 Å². The van der Waals surface area contributed by atoms with Crippen LogP contribution in [0.25, 0.3) is 10.9 Å². The van der Waals surface area contributed by atoms with Crippen molar-refractivity contribution >= 4 is 16.6 Å². The molecule has 0 radical (unpaired) electrons.